The third-order valence-corrected chi connectivity index (χ3v) is 7.23. The Morgan fingerprint density at radius 2 is 1.78 bits per heavy atom. The van der Waals surface area contributed by atoms with Crippen LogP contribution >= 0.6 is 12.2 Å². The Kier molecular flexibility index (Phi) is 5.73. The second-order valence-corrected chi connectivity index (χ2v) is 9.77. The largest absolute Gasteiger partial charge is 0.392 e. The van der Waals surface area contributed by atoms with Crippen LogP contribution in [0, 0.1) is 0 Å². The van der Waals surface area contributed by atoms with Crippen LogP contribution in [0.5, 0.6) is 0 Å². The summed E-state index contributed by atoms with van der Waals surface area (Å²) in [5, 5.41) is -0.983. The number of rotatable bonds is 7. The lowest BCUT2D eigenvalue weighted by molar-refractivity contribution is 0.535. The average molecular weight is 316 g/mol. The lowest BCUT2D eigenvalue weighted by atomic mass is 10.2. The predicted octanol–water partition coefficient (Wildman–Crippen LogP) is -0.206. The molecule has 3 N–H and O–H groups in total. The lowest BCUT2D eigenvalue weighted by Crippen LogP contribution is -2.48. The minimum absolute atomic E-state index is 0.123. The number of thiocarbonyl (C=S) groups is 1. The van der Waals surface area contributed by atoms with E-state index in [2.05, 4.69) is 16.9 Å². The van der Waals surface area contributed by atoms with Crippen LogP contribution in [-0.4, -0.2) is 44.6 Å². The topological polar surface area (TPSA) is 106 Å². The first-order valence-electron chi connectivity index (χ1n) is 5.32. The number of hydrogen-bond acceptors (Lipinski definition) is 5. The van der Waals surface area contributed by atoms with Gasteiger partial charge in [0.1, 0.15) is 5.25 Å². The molecule has 108 valence electrons. The molecule has 0 saturated heterocycles. The van der Waals surface area contributed by atoms with E-state index in [-0.39, 0.29) is 18.0 Å². The van der Waals surface area contributed by atoms with E-state index in [1.165, 1.54) is 13.8 Å². The molecule has 0 aliphatic heterocycles. The lowest BCUT2D eigenvalue weighted by Gasteiger charge is -2.24. The van der Waals surface area contributed by atoms with Gasteiger partial charge in [0.05, 0.1) is 9.74 Å². The van der Waals surface area contributed by atoms with Gasteiger partial charge in [-0.3, -0.25) is 0 Å². The molecule has 1 atom stereocenters. The van der Waals surface area contributed by atoms with Crippen molar-refractivity contribution in [1.29, 1.82) is 0 Å². The Balaban J connectivity index is 4.99. The Bertz CT molecular complexity index is 508. The van der Waals surface area contributed by atoms with Crippen LogP contribution in [0.1, 0.15) is 27.2 Å². The first-order valence-corrected chi connectivity index (χ1v) is 9.17. The van der Waals surface area contributed by atoms with Gasteiger partial charge >= 0.3 is 0 Å². The van der Waals surface area contributed by atoms with E-state index in [9.17, 15) is 16.8 Å². The van der Waals surface area contributed by atoms with E-state index in [0.717, 1.165) is 6.26 Å². The Labute approximate surface area is 114 Å². The fourth-order valence-electron chi connectivity index (χ4n) is 1.08. The summed E-state index contributed by atoms with van der Waals surface area (Å²) in [6.07, 6.45) is 1.30. The average Bonchev–Trinajstić information content (AvgIpc) is 2.13. The van der Waals surface area contributed by atoms with Crippen molar-refractivity contribution in [3.63, 3.8) is 0 Å². The second-order valence-electron chi connectivity index (χ2n) is 4.70. The third-order valence-electron chi connectivity index (χ3n) is 2.77. The van der Waals surface area contributed by atoms with Crippen molar-refractivity contribution in [3.8, 4) is 0 Å². The van der Waals surface area contributed by atoms with E-state index < -0.39 is 29.9 Å². The molecule has 0 fully saturated rings. The Hall–Kier alpha value is -0.250. The first kappa shape index (κ1) is 17.8. The Morgan fingerprint density at radius 1 is 1.33 bits per heavy atom. The smallest absolute Gasteiger partial charge is 0.221 e. The van der Waals surface area contributed by atoms with Crippen LogP contribution in [-0.2, 0) is 19.9 Å². The van der Waals surface area contributed by atoms with Gasteiger partial charge in [0, 0.05) is 12.8 Å². The number of sulfonamides is 1. The maximum Gasteiger partial charge on any atom is 0.221 e. The van der Waals surface area contributed by atoms with E-state index in [1.54, 1.807) is 6.92 Å². The van der Waals surface area contributed by atoms with Crippen molar-refractivity contribution in [1.82, 2.24) is 4.72 Å². The van der Waals surface area contributed by atoms with Gasteiger partial charge in [0.15, 0.2) is 9.84 Å². The van der Waals surface area contributed by atoms with E-state index in [1.807, 2.05) is 0 Å². The third kappa shape index (κ3) is 4.45. The molecule has 0 aromatic carbocycles. The molecule has 18 heavy (non-hydrogen) atoms. The molecule has 0 aliphatic carbocycles. The fraction of sp³-hybridized carbons (Fsp3) is 0.889. The zero-order valence-corrected chi connectivity index (χ0v) is 13.4. The van der Waals surface area contributed by atoms with Crippen LogP contribution < -0.4 is 10.5 Å². The maximum absolute atomic E-state index is 11.9. The molecule has 0 bridgehead atoms. The second kappa shape index (κ2) is 5.81. The summed E-state index contributed by atoms with van der Waals surface area (Å²) >= 11 is 4.69. The highest BCUT2D eigenvalue weighted by Crippen LogP contribution is 2.15. The molecule has 0 aromatic rings. The Morgan fingerprint density at radius 3 is 2.06 bits per heavy atom. The highest BCUT2D eigenvalue weighted by Gasteiger charge is 2.34. The highest BCUT2D eigenvalue weighted by molar-refractivity contribution is 7.93. The summed E-state index contributed by atoms with van der Waals surface area (Å²) in [5.74, 6) is 0. The zero-order valence-electron chi connectivity index (χ0n) is 10.9. The normalized spacial score (nSPS) is 15.3. The molecule has 0 aromatic heterocycles. The van der Waals surface area contributed by atoms with Crippen LogP contribution in [0.2, 0.25) is 0 Å². The van der Waals surface area contributed by atoms with E-state index in [0.29, 0.717) is 0 Å². The standard InChI is InChI=1S/C9H20N2O4S3/c1-5-7(8(10)16)18(14,15)11-6-9(2,3)17(4,12)13/h7,11H,5-6H2,1-4H3,(H2,10,16). The molecule has 0 aliphatic rings. The van der Waals surface area contributed by atoms with Gasteiger partial charge < -0.3 is 5.73 Å². The zero-order chi connectivity index (χ0) is 14.8. The van der Waals surface area contributed by atoms with Crippen molar-refractivity contribution in [2.45, 2.75) is 37.2 Å². The summed E-state index contributed by atoms with van der Waals surface area (Å²) in [4.78, 5) is -0.123. The number of sulfone groups is 1. The van der Waals surface area contributed by atoms with Crippen molar-refractivity contribution in [2.24, 2.45) is 5.73 Å². The first-order chi connectivity index (χ1) is 7.85. The molecule has 1 unspecified atom stereocenters. The van der Waals surface area contributed by atoms with Gasteiger partial charge in [-0.2, -0.15) is 0 Å². The minimum atomic E-state index is -3.75. The fourth-order valence-corrected chi connectivity index (χ4v) is 3.56. The van der Waals surface area contributed by atoms with Crippen LogP contribution in [0.15, 0.2) is 0 Å². The quantitative estimate of drug-likeness (QED) is 0.630. The van der Waals surface area contributed by atoms with Gasteiger partial charge in [-0.15, -0.1) is 0 Å². The summed E-state index contributed by atoms with van der Waals surface area (Å²) in [6, 6.07) is 0. The number of nitrogens with one attached hydrogen (secondary N) is 1. The molecule has 0 heterocycles. The van der Waals surface area contributed by atoms with E-state index in [4.69, 9.17) is 5.73 Å². The van der Waals surface area contributed by atoms with Gasteiger partial charge in [0.25, 0.3) is 0 Å². The van der Waals surface area contributed by atoms with Crippen LogP contribution in [0.3, 0.4) is 0 Å². The molecule has 0 spiro atoms. The highest BCUT2D eigenvalue weighted by atomic mass is 32.2. The molecule has 0 rings (SSSR count). The van der Waals surface area contributed by atoms with Gasteiger partial charge in [-0.05, 0) is 20.3 Å². The summed E-state index contributed by atoms with van der Waals surface area (Å²) in [6.45, 7) is 4.33. The van der Waals surface area contributed by atoms with Crippen molar-refractivity contribution in [3.05, 3.63) is 0 Å². The SMILES string of the molecule is CCC(C(N)=S)S(=O)(=O)NCC(C)(C)S(C)(=O)=O. The monoisotopic (exact) mass is 316 g/mol. The molecular formula is C9H20N2O4S3. The number of hydrogen-bond donors (Lipinski definition) is 2. The summed E-state index contributed by atoms with van der Waals surface area (Å²) in [7, 11) is -7.11. The van der Waals surface area contributed by atoms with E-state index >= 15 is 0 Å². The number of nitrogens with two attached hydrogens (primary N) is 1. The van der Waals surface area contributed by atoms with Crippen molar-refractivity contribution >= 4 is 37.1 Å². The summed E-state index contributed by atoms with van der Waals surface area (Å²) < 4.78 is 47.8. The van der Waals surface area contributed by atoms with Crippen LogP contribution in [0.25, 0.3) is 0 Å². The van der Waals surface area contributed by atoms with Crippen molar-refractivity contribution in [2.75, 3.05) is 12.8 Å². The predicted molar refractivity (Wildman–Crippen MR) is 76.7 cm³/mol. The van der Waals surface area contributed by atoms with Gasteiger partial charge in [-0.1, -0.05) is 19.1 Å². The molecule has 9 heteroatoms. The molecule has 0 amide bonds. The van der Waals surface area contributed by atoms with Gasteiger partial charge in [0.2, 0.25) is 10.0 Å². The minimum Gasteiger partial charge on any atom is -0.392 e. The van der Waals surface area contributed by atoms with Gasteiger partial charge in [-0.25, -0.2) is 21.6 Å². The van der Waals surface area contributed by atoms with Crippen molar-refractivity contribution < 1.29 is 16.8 Å². The molecule has 6 nitrogen and oxygen atoms in total. The molecule has 0 radical (unpaired) electrons. The van der Waals surface area contributed by atoms with Crippen LogP contribution in [0.4, 0.5) is 0 Å². The summed E-state index contributed by atoms with van der Waals surface area (Å²) in [5.41, 5.74) is 5.35. The molecular weight excluding hydrogens is 296 g/mol. The molecule has 0 saturated carbocycles. The maximum atomic E-state index is 11.9.